The van der Waals surface area contributed by atoms with Gasteiger partial charge in [0.2, 0.25) is 6.79 Å². The van der Waals surface area contributed by atoms with Gasteiger partial charge in [-0.15, -0.1) is 0 Å². The maximum atomic E-state index is 12.0. The molecular weight excluding hydrogens is 360 g/mol. The lowest BCUT2D eigenvalue weighted by atomic mass is 10.2. The summed E-state index contributed by atoms with van der Waals surface area (Å²) in [6, 6.07) is 5.92. The number of amides is 1. The molecule has 0 spiro atoms. The van der Waals surface area contributed by atoms with Crippen molar-refractivity contribution >= 4 is 12.1 Å². The molecule has 2 heterocycles. The van der Waals surface area contributed by atoms with E-state index in [1.54, 1.807) is 0 Å². The second kappa shape index (κ2) is 8.58. The van der Waals surface area contributed by atoms with E-state index in [1.165, 1.54) is 0 Å². The zero-order chi connectivity index (χ0) is 20.1. The molecule has 154 valence electrons. The quantitative estimate of drug-likeness (QED) is 0.607. The average molecular weight is 390 g/mol. The average Bonchev–Trinajstić information content (AvgIpc) is 3.25. The Labute approximate surface area is 166 Å². The molecular formula is C20H30N4O4. The van der Waals surface area contributed by atoms with Gasteiger partial charge < -0.3 is 29.7 Å². The normalized spacial score (nSPS) is 18.9. The molecule has 0 radical (unpaired) electrons. The fraction of sp³-hybridized carbons (Fsp3) is 0.600. The molecule has 1 atom stereocenters. The minimum atomic E-state index is -0.497. The molecule has 1 aromatic carbocycles. The highest BCUT2D eigenvalue weighted by atomic mass is 16.7. The Balaban J connectivity index is 1.58. The van der Waals surface area contributed by atoms with E-state index in [9.17, 15) is 4.79 Å². The molecule has 1 fully saturated rings. The van der Waals surface area contributed by atoms with Crippen LogP contribution < -0.4 is 20.1 Å². The van der Waals surface area contributed by atoms with Crippen molar-refractivity contribution in [3.8, 4) is 11.5 Å². The highest BCUT2D eigenvalue weighted by Gasteiger charge is 2.27. The van der Waals surface area contributed by atoms with Gasteiger partial charge in [-0.2, -0.15) is 0 Å². The van der Waals surface area contributed by atoms with Crippen LogP contribution in [0.2, 0.25) is 0 Å². The Morgan fingerprint density at radius 3 is 2.86 bits per heavy atom. The van der Waals surface area contributed by atoms with E-state index in [-0.39, 0.29) is 18.9 Å². The minimum absolute atomic E-state index is 0.0456. The molecule has 2 aliphatic heterocycles. The van der Waals surface area contributed by atoms with Crippen molar-refractivity contribution < 1.29 is 19.0 Å². The summed E-state index contributed by atoms with van der Waals surface area (Å²) in [6.07, 6.45) is 0.481. The van der Waals surface area contributed by atoms with E-state index in [0.29, 0.717) is 13.1 Å². The first kappa shape index (κ1) is 20.1. The van der Waals surface area contributed by atoms with Crippen molar-refractivity contribution in [2.24, 2.45) is 4.99 Å². The Morgan fingerprint density at radius 1 is 1.32 bits per heavy atom. The lowest BCUT2D eigenvalue weighted by Crippen LogP contribution is -2.44. The van der Waals surface area contributed by atoms with Crippen molar-refractivity contribution in [3.63, 3.8) is 0 Å². The number of likely N-dealkylation sites (tertiary alicyclic amines) is 1. The van der Waals surface area contributed by atoms with E-state index < -0.39 is 5.60 Å². The van der Waals surface area contributed by atoms with Crippen LogP contribution in [0.3, 0.4) is 0 Å². The highest BCUT2D eigenvalue weighted by molar-refractivity contribution is 5.80. The van der Waals surface area contributed by atoms with Gasteiger partial charge in [0.15, 0.2) is 17.5 Å². The number of guanidine groups is 1. The third-order valence-corrected chi connectivity index (χ3v) is 4.39. The Morgan fingerprint density at radius 2 is 2.11 bits per heavy atom. The number of ether oxygens (including phenoxy) is 3. The standard InChI is InChI=1S/C20H30N4O4/c1-5-21-18(22-11-14-6-7-16-17(10-14)27-13-26-16)24-9-8-15(12-24)23-19(25)28-20(2,3)4/h6-7,10,15H,5,8-9,11-13H2,1-4H3,(H,21,22)(H,23,25). The molecule has 8 heteroatoms. The monoisotopic (exact) mass is 390 g/mol. The number of nitrogens with zero attached hydrogens (tertiary/aromatic N) is 2. The minimum Gasteiger partial charge on any atom is -0.454 e. The Bertz CT molecular complexity index is 729. The molecule has 28 heavy (non-hydrogen) atoms. The molecule has 2 aliphatic rings. The summed E-state index contributed by atoms with van der Waals surface area (Å²) in [5.74, 6) is 2.38. The third-order valence-electron chi connectivity index (χ3n) is 4.39. The lowest BCUT2D eigenvalue weighted by molar-refractivity contribution is 0.0507. The number of nitrogens with one attached hydrogen (secondary N) is 2. The summed E-state index contributed by atoms with van der Waals surface area (Å²) in [4.78, 5) is 18.9. The van der Waals surface area contributed by atoms with Gasteiger partial charge in [0.1, 0.15) is 5.60 Å². The predicted octanol–water partition coefficient (Wildman–Crippen LogP) is 2.48. The molecule has 1 unspecified atom stereocenters. The fourth-order valence-corrected chi connectivity index (χ4v) is 3.18. The molecule has 0 saturated carbocycles. The summed E-state index contributed by atoms with van der Waals surface area (Å²) in [5.41, 5.74) is 0.561. The SMILES string of the molecule is CCNC(=NCc1ccc2c(c1)OCO2)N1CCC(NC(=O)OC(C)(C)C)C1. The molecule has 1 aromatic rings. The van der Waals surface area contributed by atoms with Crippen molar-refractivity contribution in [1.82, 2.24) is 15.5 Å². The van der Waals surface area contributed by atoms with E-state index in [4.69, 9.17) is 19.2 Å². The molecule has 1 amide bonds. The van der Waals surface area contributed by atoms with Crippen LogP contribution in [-0.2, 0) is 11.3 Å². The van der Waals surface area contributed by atoms with Gasteiger partial charge in [0.05, 0.1) is 12.6 Å². The van der Waals surface area contributed by atoms with Gasteiger partial charge in [0, 0.05) is 19.6 Å². The predicted molar refractivity (Wildman–Crippen MR) is 107 cm³/mol. The van der Waals surface area contributed by atoms with E-state index >= 15 is 0 Å². The van der Waals surface area contributed by atoms with E-state index in [0.717, 1.165) is 42.5 Å². The van der Waals surface area contributed by atoms with Crippen LogP contribution in [-0.4, -0.2) is 55.0 Å². The van der Waals surface area contributed by atoms with Gasteiger partial charge in [-0.05, 0) is 51.8 Å². The summed E-state index contributed by atoms with van der Waals surface area (Å²) < 4.78 is 16.1. The second-order valence-corrected chi connectivity index (χ2v) is 7.94. The number of fused-ring (bicyclic) bond motifs is 1. The number of rotatable bonds is 4. The second-order valence-electron chi connectivity index (χ2n) is 7.94. The van der Waals surface area contributed by atoms with Crippen molar-refractivity contribution in [2.45, 2.75) is 52.3 Å². The molecule has 0 aromatic heterocycles. The molecule has 2 N–H and O–H groups in total. The van der Waals surface area contributed by atoms with Crippen LogP contribution in [0, 0.1) is 0 Å². The van der Waals surface area contributed by atoms with E-state index in [2.05, 4.69) is 15.5 Å². The maximum absolute atomic E-state index is 12.0. The largest absolute Gasteiger partial charge is 0.454 e. The van der Waals surface area contributed by atoms with Crippen molar-refractivity contribution in [1.29, 1.82) is 0 Å². The van der Waals surface area contributed by atoms with Crippen LogP contribution in [0.1, 0.15) is 39.7 Å². The van der Waals surface area contributed by atoms with E-state index in [1.807, 2.05) is 45.9 Å². The highest BCUT2D eigenvalue weighted by Crippen LogP contribution is 2.32. The van der Waals surface area contributed by atoms with Gasteiger partial charge in [-0.25, -0.2) is 9.79 Å². The number of aliphatic imine (C=N–C) groups is 1. The molecule has 3 rings (SSSR count). The third kappa shape index (κ3) is 5.43. The zero-order valence-electron chi connectivity index (χ0n) is 17.1. The zero-order valence-corrected chi connectivity index (χ0v) is 17.1. The number of hydrogen-bond acceptors (Lipinski definition) is 5. The first-order valence-electron chi connectivity index (χ1n) is 9.75. The van der Waals surface area contributed by atoms with Gasteiger partial charge in [-0.3, -0.25) is 0 Å². The molecule has 0 aliphatic carbocycles. The topological polar surface area (TPSA) is 84.4 Å². The molecule has 1 saturated heterocycles. The number of alkyl carbamates (subject to hydrolysis) is 1. The van der Waals surface area contributed by atoms with Crippen molar-refractivity contribution in [3.05, 3.63) is 23.8 Å². The molecule has 0 bridgehead atoms. The maximum Gasteiger partial charge on any atom is 0.407 e. The smallest absolute Gasteiger partial charge is 0.407 e. The number of carbonyl (C=O) groups excluding carboxylic acids is 1. The van der Waals surface area contributed by atoms with Crippen LogP contribution in [0.25, 0.3) is 0 Å². The summed E-state index contributed by atoms with van der Waals surface area (Å²) in [7, 11) is 0. The Hall–Kier alpha value is -2.64. The summed E-state index contributed by atoms with van der Waals surface area (Å²) >= 11 is 0. The number of carbonyl (C=O) groups is 1. The van der Waals surface area contributed by atoms with Crippen LogP contribution in [0.4, 0.5) is 4.79 Å². The summed E-state index contributed by atoms with van der Waals surface area (Å²) in [6.45, 7) is 10.7. The first-order valence-corrected chi connectivity index (χ1v) is 9.75. The lowest BCUT2D eigenvalue weighted by Gasteiger charge is -2.23. The van der Waals surface area contributed by atoms with Gasteiger partial charge >= 0.3 is 6.09 Å². The van der Waals surface area contributed by atoms with Gasteiger partial charge in [0.25, 0.3) is 0 Å². The van der Waals surface area contributed by atoms with Crippen molar-refractivity contribution in [2.75, 3.05) is 26.4 Å². The van der Waals surface area contributed by atoms with Crippen LogP contribution in [0.15, 0.2) is 23.2 Å². The Kier molecular flexibility index (Phi) is 6.16. The van der Waals surface area contributed by atoms with Crippen LogP contribution >= 0.6 is 0 Å². The van der Waals surface area contributed by atoms with Gasteiger partial charge in [-0.1, -0.05) is 6.07 Å². The molecule has 8 nitrogen and oxygen atoms in total. The van der Waals surface area contributed by atoms with Crippen LogP contribution in [0.5, 0.6) is 11.5 Å². The number of benzene rings is 1. The first-order chi connectivity index (χ1) is 13.3. The number of hydrogen-bond donors (Lipinski definition) is 2. The fourth-order valence-electron chi connectivity index (χ4n) is 3.18. The summed E-state index contributed by atoms with van der Waals surface area (Å²) in [5, 5.41) is 6.28.